The van der Waals surface area contributed by atoms with E-state index in [-0.39, 0.29) is 42.5 Å². The van der Waals surface area contributed by atoms with Gasteiger partial charge in [0.15, 0.2) is 5.82 Å². The molecule has 2 aliphatic rings. The van der Waals surface area contributed by atoms with Gasteiger partial charge in [-0.15, -0.1) is 0 Å². The SMILES string of the molecule is Fc1c(-c2cccc3cccc(Cl)c23)ncc2c(N3CC4CCC(C3)N4)nc(OCCn3ccnc3C(F)(F)F)nc12. The van der Waals surface area contributed by atoms with Crippen molar-refractivity contribution in [2.45, 2.75) is 37.6 Å². The minimum atomic E-state index is -4.60. The molecule has 0 saturated carbocycles. The number of piperazine rings is 1. The third-order valence-corrected chi connectivity index (χ3v) is 8.12. The van der Waals surface area contributed by atoms with Gasteiger partial charge in [0.1, 0.15) is 23.6 Å². The predicted octanol–water partition coefficient (Wildman–Crippen LogP) is 5.87. The topological polar surface area (TPSA) is 81.0 Å². The van der Waals surface area contributed by atoms with E-state index < -0.39 is 17.8 Å². The monoisotopic (exact) mass is 597 g/mol. The van der Waals surface area contributed by atoms with Gasteiger partial charge in [0.05, 0.1) is 11.9 Å². The van der Waals surface area contributed by atoms with Crippen molar-refractivity contribution in [1.29, 1.82) is 0 Å². The van der Waals surface area contributed by atoms with E-state index in [1.165, 1.54) is 6.20 Å². The van der Waals surface area contributed by atoms with Crippen LogP contribution in [0.5, 0.6) is 6.01 Å². The zero-order valence-corrected chi connectivity index (χ0v) is 22.8. The quantitative estimate of drug-likeness (QED) is 0.245. The first-order valence-electron chi connectivity index (χ1n) is 13.5. The molecule has 5 aromatic rings. The largest absolute Gasteiger partial charge is 0.461 e. The number of aromatic nitrogens is 5. The number of benzene rings is 2. The summed E-state index contributed by atoms with van der Waals surface area (Å²) in [6.07, 6.45) is 1.32. The number of nitrogens with one attached hydrogen (secondary N) is 1. The summed E-state index contributed by atoms with van der Waals surface area (Å²) in [5, 5.41) is 5.95. The fourth-order valence-corrected chi connectivity index (χ4v) is 6.24. The first kappa shape index (κ1) is 26.8. The van der Waals surface area contributed by atoms with E-state index in [2.05, 4.69) is 30.2 Å². The first-order valence-corrected chi connectivity index (χ1v) is 13.9. The van der Waals surface area contributed by atoms with Crippen LogP contribution < -0.4 is 15.0 Å². The second-order valence-corrected chi connectivity index (χ2v) is 10.9. The molecule has 8 nitrogen and oxygen atoms in total. The highest BCUT2D eigenvalue weighted by Crippen LogP contribution is 2.38. The van der Waals surface area contributed by atoms with Crippen LogP contribution in [0.4, 0.5) is 23.4 Å². The Morgan fingerprint density at radius 3 is 2.55 bits per heavy atom. The molecule has 2 aliphatic heterocycles. The van der Waals surface area contributed by atoms with Gasteiger partial charge < -0.3 is 19.5 Å². The summed E-state index contributed by atoms with van der Waals surface area (Å²) >= 11 is 6.52. The zero-order chi connectivity index (χ0) is 29.0. The van der Waals surface area contributed by atoms with Crippen LogP contribution in [-0.2, 0) is 12.7 Å². The van der Waals surface area contributed by atoms with Gasteiger partial charge in [0, 0.05) is 59.7 Å². The van der Waals surface area contributed by atoms with Crippen molar-refractivity contribution in [1.82, 2.24) is 29.8 Å². The standard InChI is InChI=1S/C29H24ClF4N7O/c30-21-6-2-4-16-3-1-5-19(22(16)21)24-23(31)25-20(13-36-24)26(41-14-17-7-8-18(15-41)37-17)39-28(38-25)42-12-11-40-10-9-35-27(40)29(32,33)34/h1-6,9-10,13,17-18,37H,7-8,11-12,14-15H2. The van der Waals surface area contributed by atoms with Crippen LogP contribution in [0.25, 0.3) is 32.9 Å². The Labute approximate surface area is 242 Å². The fraction of sp³-hybridized carbons (Fsp3) is 0.310. The van der Waals surface area contributed by atoms with Crippen LogP contribution in [0, 0.1) is 5.82 Å². The number of nitrogens with zero attached hydrogens (tertiary/aromatic N) is 6. The molecule has 7 rings (SSSR count). The van der Waals surface area contributed by atoms with Gasteiger partial charge in [0.2, 0.25) is 5.82 Å². The minimum absolute atomic E-state index is 0.00791. The summed E-state index contributed by atoms with van der Waals surface area (Å²) < 4.78 is 62.9. The molecule has 1 N–H and O–H groups in total. The molecule has 2 saturated heterocycles. The normalized spacial score (nSPS) is 18.7. The summed E-state index contributed by atoms with van der Waals surface area (Å²) in [5.74, 6) is -1.22. The second kappa shape index (κ2) is 10.4. The maximum Gasteiger partial charge on any atom is 0.449 e. The number of hydrogen-bond acceptors (Lipinski definition) is 7. The van der Waals surface area contributed by atoms with Crippen molar-refractivity contribution in [2.75, 3.05) is 24.6 Å². The molecule has 216 valence electrons. The van der Waals surface area contributed by atoms with Gasteiger partial charge in [-0.25, -0.2) is 9.37 Å². The second-order valence-electron chi connectivity index (χ2n) is 10.5. The fourth-order valence-electron chi connectivity index (χ4n) is 5.96. The number of alkyl halides is 3. The van der Waals surface area contributed by atoms with Crippen molar-refractivity contribution in [2.24, 2.45) is 0 Å². The van der Waals surface area contributed by atoms with Crippen LogP contribution >= 0.6 is 11.6 Å². The average Bonchev–Trinajstić information content (AvgIpc) is 3.58. The molecule has 42 heavy (non-hydrogen) atoms. The van der Waals surface area contributed by atoms with E-state index in [1.807, 2.05) is 18.2 Å². The van der Waals surface area contributed by atoms with E-state index in [0.717, 1.165) is 29.0 Å². The number of halogens is 5. The van der Waals surface area contributed by atoms with Gasteiger partial charge in [-0.2, -0.15) is 23.1 Å². The number of ether oxygens (including phenoxy) is 1. The lowest BCUT2D eigenvalue weighted by Gasteiger charge is -2.34. The highest BCUT2D eigenvalue weighted by atomic mass is 35.5. The Kier molecular flexibility index (Phi) is 6.62. The van der Waals surface area contributed by atoms with Gasteiger partial charge in [-0.3, -0.25) is 4.98 Å². The molecule has 2 bridgehead atoms. The molecular weight excluding hydrogens is 574 g/mol. The lowest BCUT2D eigenvalue weighted by molar-refractivity contribution is -0.147. The van der Waals surface area contributed by atoms with Gasteiger partial charge in [-0.1, -0.05) is 41.9 Å². The zero-order valence-electron chi connectivity index (χ0n) is 22.1. The van der Waals surface area contributed by atoms with E-state index in [9.17, 15) is 13.2 Å². The number of rotatable bonds is 6. The van der Waals surface area contributed by atoms with E-state index in [1.54, 1.807) is 24.4 Å². The molecule has 2 atom stereocenters. The van der Waals surface area contributed by atoms with Crippen LogP contribution in [0.1, 0.15) is 18.7 Å². The molecule has 0 spiro atoms. The third-order valence-electron chi connectivity index (χ3n) is 7.80. The Morgan fingerprint density at radius 2 is 1.79 bits per heavy atom. The Hall–Kier alpha value is -4.03. The molecule has 2 unspecified atom stereocenters. The maximum absolute atomic E-state index is 16.4. The van der Waals surface area contributed by atoms with E-state index in [4.69, 9.17) is 16.3 Å². The molecule has 2 fully saturated rings. The summed E-state index contributed by atoms with van der Waals surface area (Å²) in [4.78, 5) is 19.0. The van der Waals surface area contributed by atoms with Gasteiger partial charge in [0.25, 0.3) is 0 Å². The molecule has 0 radical (unpaired) electrons. The summed E-state index contributed by atoms with van der Waals surface area (Å²) in [6.45, 7) is 0.986. The minimum Gasteiger partial charge on any atom is -0.461 e. The summed E-state index contributed by atoms with van der Waals surface area (Å²) in [5.41, 5.74) is 0.596. The number of hydrogen-bond donors (Lipinski definition) is 1. The van der Waals surface area contributed by atoms with Crippen LogP contribution in [0.3, 0.4) is 0 Å². The lowest BCUT2D eigenvalue weighted by atomic mass is 10.0. The molecule has 3 aromatic heterocycles. The Bertz CT molecular complexity index is 1790. The van der Waals surface area contributed by atoms with Crippen molar-refractivity contribution >= 4 is 39.1 Å². The van der Waals surface area contributed by atoms with Crippen molar-refractivity contribution in [3.8, 4) is 17.3 Å². The average molecular weight is 598 g/mol. The lowest BCUT2D eigenvalue weighted by Crippen LogP contribution is -2.51. The first-order chi connectivity index (χ1) is 20.3. The molecule has 13 heteroatoms. The predicted molar refractivity (Wildman–Crippen MR) is 150 cm³/mol. The Morgan fingerprint density at radius 1 is 1.02 bits per heavy atom. The van der Waals surface area contributed by atoms with Crippen molar-refractivity contribution in [3.05, 3.63) is 71.7 Å². The Balaban J connectivity index is 1.30. The van der Waals surface area contributed by atoms with Crippen LogP contribution in [0.15, 0.2) is 55.0 Å². The van der Waals surface area contributed by atoms with Crippen LogP contribution in [0.2, 0.25) is 5.02 Å². The van der Waals surface area contributed by atoms with Crippen LogP contribution in [-0.4, -0.2) is 56.3 Å². The summed E-state index contributed by atoms with van der Waals surface area (Å²) in [7, 11) is 0. The smallest absolute Gasteiger partial charge is 0.449 e. The van der Waals surface area contributed by atoms with Crippen molar-refractivity contribution < 1.29 is 22.3 Å². The van der Waals surface area contributed by atoms with Crippen molar-refractivity contribution in [3.63, 3.8) is 0 Å². The highest BCUT2D eigenvalue weighted by Gasteiger charge is 2.36. The third kappa shape index (κ3) is 4.78. The van der Waals surface area contributed by atoms with Gasteiger partial charge in [-0.05, 0) is 24.3 Å². The number of imidazole rings is 1. The molecule has 0 amide bonds. The summed E-state index contributed by atoms with van der Waals surface area (Å²) in [6, 6.07) is 11.3. The number of fused-ring (bicyclic) bond motifs is 4. The highest BCUT2D eigenvalue weighted by molar-refractivity contribution is 6.36. The number of pyridine rings is 1. The van der Waals surface area contributed by atoms with E-state index in [0.29, 0.717) is 40.3 Å². The molecular formula is C29H24ClF4N7O. The van der Waals surface area contributed by atoms with Gasteiger partial charge >= 0.3 is 12.2 Å². The molecule has 0 aliphatic carbocycles. The molecule has 2 aromatic carbocycles. The maximum atomic E-state index is 16.4. The molecule has 5 heterocycles. The number of anilines is 1. The van der Waals surface area contributed by atoms with E-state index >= 15 is 4.39 Å².